The average Bonchev–Trinajstić information content (AvgIpc) is 3.14. The van der Waals surface area contributed by atoms with Crippen LogP contribution in [-0.2, 0) is 0 Å². The van der Waals surface area contributed by atoms with E-state index in [0.29, 0.717) is 24.7 Å². The molecule has 2 aromatic rings. The third kappa shape index (κ3) is 3.09. The molecule has 0 saturated carbocycles. The van der Waals surface area contributed by atoms with Gasteiger partial charge in [0.1, 0.15) is 18.1 Å². The lowest BCUT2D eigenvalue weighted by molar-refractivity contribution is 0.0252. The number of rotatable bonds is 3. The molecule has 0 spiro atoms. The van der Waals surface area contributed by atoms with Gasteiger partial charge >= 0.3 is 6.03 Å². The Balaban J connectivity index is 1.35. The Morgan fingerprint density at radius 3 is 2.81 bits per heavy atom. The van der Waals surface area contributed by atoms with Crippen LogP contribution in [0.1, 0.15) is 23.7 Å². The smallest absolute Gasteiger partial charge is 0.341 e. The summed E-state index contributed by atoms with van der Waals surface area (Å²) >= 11 is 0. The summed E-state index contributed by atoms with van der Waals surface area (Å²) in [7, 11) is 0. The summed E-state index contributed by atoms with van der Waals surface area (Å²) < 4.78 is 5.75. The summed E-state index contributed by atoms with van der Waals surface area (Å²) in [5, 5.41) is 5.81. The number of hydrazone groups is 1. The van der Waals surface area contributed by atoms with Gasteiger partial charge in [-0.3, -0.25) is 0 Å². The summed E-state index contributed by atoms with van der Waals surface area (Å²) in [4.78, 5) is 22.4. The van der Waals surface area contributed by atoms with Crippen LogP contribution in [0.3, 0.4) is 0 Å². The van der Waals surface area contributed by atoms with Crippen molar-refractivity contribution in [3.05, 3.63) is 54.0 Å². The molecule has 2 aliphatic heterocycles. The summed E-state index contributed by atoms with van der Waals surface area (Å²) in [6, 6.07) is 11.4. The van der Waals surface area contributed by atoms with Crippen LogP contribution in [-0.4, -0.2) is 51.3 Å². The molecule has 0 N–H and O–H groups in total. The largest absolute Gasteiger partial charge is 0.470 e. The molecule has 7 nitrogen and oxygen atoms in total. The number of hydrogen-bond donors (Lipinski definition) is 0. The fraction of sp³-hybridized carbons (Fsp3) is 0.263. The van der Waals surface area contributed by atoms with Crippen molar-refractivity contribution in [1.29, 1.82) is 0 Å². The van der Waals surface area contributed by atoms with E-state index in [-0.39, 0.29) is 18.2 Å². The highest BCUT2D eigenvalue weighted by Crippen LogP contribution is 2.30. The maximum Gasteiger partial charge on any atom is 0.341 e. The van der Waals surface area contributed by atoms with E-state index in [2.05, 4.69) is 21.0 Å². The topological polar surface area (TPSA) is 70.9 Å². The van der Waals surface area contributed by atoms with Crippen molar-refractivity contribution in [3.8, 4) is 18.2 Å². The van der Waals surface area contributed by atoms with Gasteiger partial charge in [0.25, 0.3) is 0 Å². The van der Waals surface area contributed by atoms with Gasteiger partial charge in [0.15, 0.2) is 0 Å². The fourth-order valence-corrected chi connectivity index (χ4v) is 3.02. The molecule has 7 heteroatoms. The number of carbonyl (C=O) groups is 1. The van der Waals surface area contributed by atoms with Crippen molar-refractivity contribution < 1.29 is 9.53 Å². The van der Waals surface area contributed by atoms with E-state index in [4.69, 9.17) is 11.2 Å². The molecule has 1 atom stereocenters. The van der Waals surface area contributed by atoms with Crippen LogP contribution in [0.2, 0.25) is 0 Å². The first-order valence-electron chi connectivity index (χ1n) is 8.35. The van der Waals surface area contributed by atoms with Crippen LogP contribution in [0.15, 0.2) is 47.8 Å². The highest BCUT2D eigenvalue weighted by molar-refractivity contribution is 5.79. The quantitative estimate of drug-likeness (QED) is 0.797. The minimum atomic E-state index is -0.112. The number of nitrogens with zero attached hydrogens (tertiary/aromatic N) is 5. The Morgan fingerprint density at radius 2 is 2.04 bits per heavy atom. The second kappa shape index (κ2) is 6.84. The number of amides is 2. The molecule has 1 aromatic heterocycles. The zero-order chi connectivity index (χ0) is 17.9. The van der Waals surface area contributed by atoms with Crippen molar-refractivity contribution >= 4 is 12.2 Å². The van der Waals surface area contributed by atoms with Crippen molar-refractivity contribution in [2.75, 3.05) is 13.1 Å². The highest BCUT2D eigenvalue weighted by Gasteiger charge is 2.38. The van der Waals surface area contributed by atoms with Gasteiger partial charge in [0, 0.05) is 18.7 Å². The SMILES string of the molecule is C#Cc1cc(OC2CN(C(=O)N3N=CCC3c3ccccc3)C2)ncn1. The average molecular weight is 347 g/mol. The number of benzene rings is 1. The second-order valence-corrected chi connectivity index (χ2v) is 6.12. The van der Waals surface area contributed by atoms with Gasteiger partial charge in [-0.15, -0.1) is 6.42 Å². The zero-order valence-electron chi connectivity index (χ0n) is 14.0. The Bertz CT molecular complexity index is 871. The molecule has 4 rings (SSSR count). The molecule has 26 heavy (non-hydrogen) atoms. The van der Waals surface area contributed by atoms with Crippen LogP contribution >= 0.6 is 0 Å². The van der Waals surface area contributed by atoms with Crippen LogP contribution < -0.4 is 4.74 Å². The molecule has 0 aliphatic carbocycles. The van der Waals surface area contributed by atoms with E-state index >= 15 is 0 Å². The number of urea groups is 1. The molecule has 2 amide bonds. The Morgan fingerprint density at radius 1 is 1.23 bits per heavy atom. The second-order valence-electron chi connectivity index (χ2n) is 6.12. The molecule has 2 aliphatic rings. The summed E-state index contributed by atoms with van der Waals surface area (Å²) in [5.74, 6) is 2.87. The van der Waals surface area contributed by atoms with Crippen LogP contribution in [0, 0.1) is 12.3 Å². The first kappa shape index (κ1) is 16.1. The normalized spacial score (nSPS) is 19.1. The number of terminal acetylenes is 1. The third-order valence-electron chi connectivity index (χ3n) is 4.41. The van der Waals surface area contributed by atoms with Gasteiger partial charge in [-0.1, -0.05) is 30.3 Å². The van der Waals surface area contributed by atoms with Gasteiger partial charge < -0.3 is 9.64 Å². The van der Waals surface area contributed by atoms with E-state index in [0.717, 1.165) is 12.0 Å². The standard InChI is InChI=1S/C19H17N5O2/c1-2-15-10-18(21-13-20-15)26-16-11-23(12-16)19(25)24-17(8-9-22-24)14-6-4-3-5-7-14/h1,3-7,9-10,13,16-17H,8,11-12H2. The first-order chi connectivity index (χ1) is 12.7. The lowest BCUT2D eigenvalue weighted by Crippen LogP contribution is -2.58. The molecule has 1 fully saturated rings. The number of aromatic nitrogens is 2. The Labute approximate surface area is 151 Å². The van der Waals surface area contributed by atoms with Crippen LogP contribution in [0.4, 0.5) is 4.79 Å². The highest BCUT2D eigenvalue weighted by atomic mass is 16.5. The Hall–Kier alpha value is -3.40. The van der Waals surface area contributed by atoms with E-state index in [1.54, 1.807) is 22.2 Å². The summed E-state index contributed by atoms with van der Waals surface area (Å²) in [6.07, 6.45) is 9.09. The van der Waals surface area contributed by atoms with Gasteiger partial charge in [0.2, 0.25) is 5.88 Å². The molecule has 3 heterocycles. The van der Waals surface area contributed by atoms with Crippen LogP contribution in [0.25, 0.3) is 0 Å². The minimum absolute atomic E-state index is 0.0521. The van der Waals surface area contributed by atoms with Crippen molar-refractivity contribution in [1.82, 2.24) is 19.9 Å². The number of ether oxygens (including phenoxy) is 1. The molecule has 1 aromatic carbocycles. The molecule has 0 bridgehead atoms. The van der Waals surface area contributed by atoms with Gasteiger partial charge in [-0.2, -0.15) is 5.10 Å². The number of carbonyl (C=O) groups excluding carboxylic acids is 1. The molecule has 1 unspecified atom stereocenters. The van der Waals surface area contributed by atoms with Crippen LogP contribution in [0.5, 0.6) is 5.88 Å². The molecule has 130 valence electrons. The molecular weight excluding hydrogens is 330 g/mol. The minimum Gasteiger partial charge on any atom is -0.470 e. The Kier molecular flexibility index (Phi) is 4.23. The third-order valence-corrected chi connectivity index (χ3v) is 4.41. The fourth-order valence-electron chi connectivity index (χ4n) is 3.02. The van der Waals surface area contributed by atoms with E-state index in [9.17, 15) is 4.79 Å². The predicted octanol–water partition coefficient (Wildman–Crippen LogP) is 2.07. The van der Waals surface area contributed by atoms with Crippen molar-refractivity contribution in [2.24, 2.45) is 5.10 Å². The van der Waals surface area contributed by atoms with Crippen molar-refractivity contribution in [2.45, 2.75) is 18.6 Å². The lowest BCUT2D eigenvalue weighted by atomic mass is 10.0. The van der Waals surface area contributed by atoms with Gasteiger partial charge in [-0.05, 0) is 11.5 Å². The maximum absolute atomic E-state index is 12.7. The van der Waals surface area contributed by atoms with Gasteiger partial charge in [-0.25, -0.2) is 19.8 Å². The van der Waals surface area contributed by atoms with E-state index in [1.807, 2.05) is 30.3 Å². The number of hydrogen-bond acceptors (Lipinski definition) is 5. The maximum atomic E-state index is 12.7. The summed E-state index contributed by atoms with van der Waals surface area (Å²) in [6.45, 7) is 0.976. The molecule has 0 radical (unpaired) electrons. The molecular formula is C19H17N5O2. The monoisotopic (exact) mass is 347 g/mol. The van der Waals surface area contributed by atoms with Crippen molar-refractivity contribution in [3.63, 3.8) is 0 Å². The lowest BCUT2D eigenvalue weighted by Gasteiger charge is -2.40. The van der Waals surface area contributed by atoms with E-state index < -0.39 is 0 Å². The summed E-state index contributed by atoms with van der Waals surface area (Å²) in [5.41, 5.74) is 1.55. The predicted molar refractivity (Wildman–Crippen MR) is 95.5 cm³/mol. The van der Waals surface area contributed by atoms with E-state index in [1.165, 1.54) is 6.33 Å². The van der Waals surface area contributed by atoms with Gasteiger partial charge in [0.05, 0.1) is 19.1 Å². The first-order valence-corrected chi connectivity index (χ1v) is 8.35. The molecule has 1 saturated heterocycles. The number of likely N-dealkylation sites (tertiary alicyclic amines) is 1. The zero-order valence-corrected chi connectivity index (χ0v) is 14.0.